The Balaban J connectivity index is 1.43. The van der Waals surface area contributed by atoms with Crippen LogP contribution in [0.15, 0.2) is 17.4 Å². The number of nitrogens with zero attached hydrogens (tertiary/aromatic N) is 5. The van der Waals surface area contributed by atoms with Gasteiger partial charge in [-0.15, -0.1) is 0 Å². The number of piperazine rings is 1. The second kappa shape index (κ2) is 8.33. The van der Waals surface area contributed by atoms with Crippen LogP contribution in [-0.2, 0) is 23.0 Å². The third-order valence-corrected chi connectivity index (χ3v) is 4.76. The summed E-state index contributed by atoms with van der Waals surface area (Å²) in [6.45, 7) is 4.57. The number of guanidine groups is 1. The van der Waals surface area contributed by atoms with E-state index in [2.05, 4.69) is 20.3 Å². The summed E-state index contributed by atoms with van der Waals surface area (Å²) >= 11 is 0. The largest absolute Gasteiger partial charge is 0.368 e. The van der Waals surface area contributed by atoms with Crippen molar-refractivity contribution in [3.63, 3.8) is 0 Å². The van der Waals surface area contributed by atoms with Gasteiger partial charge in [0.2, 0.25) is 0 Å². The fraction of sp³-hybridized carbons (Fsp3) is 0.706. The van der Waals surface area contributed by atoms with Crippen LogP contribution in [0.4, 0.5) is 0 Å². The Labute approximate surface area is 148 Å². The molecule has 2 fully saturated rings. The highest BCUT2D eigenvalue weighted by molar-refractivity contribution is 5.82. The zero-order chi connectivity index (χ0) is 17.6. The van der Waals surface area contributed by atoms with Gasteiger partial charge in [0, 0.05) is 59.6 Å². The molecule has 2 aliphatic rings. The molecule has 1 atom stereocenters. The highest BCUT2D eigenvalue weighted by Gasteiger charge is 2.30. The van der Waals surface area contributed by atoms with Gasteiger partial charge in [-0.25, -0.2) is 0 Å². The van der Waals surface area contributed by atoms with Gasteiger partial charge in [0.1, 0.15) is 6.10 Å². The van der Waals surface area contributed by atoms with Gasteiger partial charge in [-0.1, -0.05) is 0 Å². The normalized spacial score (nSPS) is 21.7. The number of carbonyl (C=O) groups excluding carboxylic acids is 1. The first-order chi connectivity index (χ1) is 12.2. The van der Waals surface area contributed by atoms with E-state index in [9.17, 15) is 4.79 Å². The Bertz CT molecular complexity index is 600. The maximum absolute atomic E-state index is 12.4. The molecule has 0 aromatic carbocycles. The maximum Gasteiger partial charge on any atom is 0.251 e. The van der Waals surface area contributed by atoms with E-state index >= 15 is 0 Å². The van der Waals surface area contributed by atoms with E-state index in [-0.39, 0.29) is 12.0 Å². The molecule has 1 aromatic rings. The number of aromatic nitrogens is 2. The summed E-state index contributed by atoms with van der Waals surface area (Å²) in [6, 6.07) is 0. The molecule has 0 aliphatic carbocycles. The topological polar surface area (TPSA) is 75.0 Å². The summed E-state index contributed by atoms with van der Waals surface area (Å²) in [5.74, 6) is 1.05. The minimum absolute atomic E-state index is 0.150. The molecular formula is C17H28N6O2. The van der Waals surface area contributed by atoms with Crippen LogP contribution in [0.5, 0.6) is 0 Å². The number of hydrogen-bond donors (Lipinski definition) is 1. The summed E-state index contributed by atoms with van der Waals surface area (Å²) in [5.41, 5.74) is 1.21. The van der Waals surface area contributed by atoms with E-state index in [4.69, 9.17) is 4.74 Å². The van der Waals surface area contributed by atoms with Crippen LogP contribution < -0.4 is 5.32 Å². The molecular weight excluding hydrogens is 320 g/mol. The summed E-state index contributed by atoms with van der Waals surface area (Å²) in [5, 5.41) is 7.59. The number of ether oxygens (including phenoxy) is 1. The summed E-state index contributed by atoms with van der Waals surface area (Å²) in [7, 11) is 3.73. The predicted octanol–water partition coefficient (Wildman–Crippen LogP) is -0.139. The van der Waals surface area contributed by atoms with E-state index in [1.54, 1.807) is 7.05 Å². The van der Waals surface area contributed by atoms with Crippen LogP contribution in [0.1, 0.15) is 18.4 Å². The van der Waals surface area contributed by atoms with E-state index in [0.29, 0.717) is 6.61 Å². The molecule has 138 valence electrons. The molecule has 8 heteroatoms. The molecule has 0 radical (unpaired) electrons. The number of aryl methyl sites for hydroxylation is 1. The first kappa shape index (κ1) is 17.7. The predicted molar refractivity (Wildman–Crippen MR) is 95.4 cm³/mol. The van der Waals surface area contributed by atoms with Crippen molar-refractivity contribution < 1.29 is 9.53 Å². The highest BCUT2D eigenvalue weighted by Crippen LogP contribution is 2.16. The van der Waals surface area contributed by atoms with E-state index < -0.39 is 0 Å². The highest BCUT2D eigenvalue weighted by atomic mass is 16.5. The Hall–Kier alpha value is -2.09. The minimum Gasteiger partial charge on any atom is -0.368 e. The van der Waals surface area contributed by atoms with Crippen molar-refractivity contribution in [2.24, 2.45) is 12.0 Å². The summed E-state index contributed by atoms with van der Waals surface area (Å²) < 4.78 is 7.33. The Kier molecular flexibility index (Phi) is 5.91. The molecule has 0 bridgehead atoms. The summed E-state index contributed by atoms with van der Waals surface area (Å²) in [4.78, 5) is 20.9. The maximum atomic E-state index is 12.4. The average Bonchev–Trinajstić information content (AvgIpc) is 3.30. The number of aliphatic imine (C=N–C) groups is 1. The fourth-order valence-electron chi connectivity index (χ4n) is 3.37. The van der Waals surface area contributed by atoms with Gasteiger partial charge < -0.3 is 19.9 Å². The van der Waals surface area contributed by atoms with Crippen molar-refractivity contribution in [2.75, 3.05) is 46.4 Å². The fourth-order valence-corrected chi connectivity index (χ4v) is 3.37. The second-order valence-electron chi connectivity index (χ2n) is 6.56. The van der Waals surface area contributed by atoms with Crippen molar-refractivity contribution in [1.29, 1.82) is 0 Å². The van der Waals surface area contributed by atoms with Gasteiger partial charge in [-0.05, 0) is 24.8 Å². The van der Waals surface area contributed by atoms with E-state index in [1.807, 2.05) is 29.0 Å². The molecule has 3 heterocycles. The van der Waals surface area contributed by atoms with Gasteiger partial charge in [-0.3, -0.25) is 14.5 Å². The molecule has 3 rings (SSSR count). The van der Waals surface area contributed by atoms with Crippen molar-refractivity contribution in [3.05, 3.63) is 18.0 Å². The number of nitrogens with one attached hydrogen (secondary N) is 1. The number of amides is 1. The van der Waals surface area contributed by atoms with Gasteiger partial charge in [0.05, 0.1) is 6.20 Å². The molecule has 0 spiro atoms. The van der Waals surface area contributed by atoms with Crippen LogP contribution in [-0.4, -0.2) is 83.9 Å². The monoisotopic (exact) mass is 348 g/mol. The van der Waals surface area contributed by atoms with Gasteiger partial charge in [0.25, 0.3) is 5.91 Å². The quantitative estimate of drug-likeness (QED) is 0.606. The SMILES string of the molecule is CN=C(NCCc1cnn(C)c1)N1CCN(C(=O)C2CCCO2)CC1. The smallest absolute Gasteiger partial charge is 0.251 e. The van der Waals surface area contributed by atoms with E-state index in [0.717, 1.165) is 57.9 Å². The van der Waals surface area contributed by atoms with Crippen LogP contribution in [0.25, 0.3) is 0 Å². The van der Waals surface area contributed by atoms with Crippen molar-refractivity contribution >= 4 is 11.9 Å². The Morgan fingerprint density at radius 3 is 2.72 bits per heavy atom. The Morgan fingerprint density at radius 1 is 1.36 bits per heavy atom. The first-order valence-electron chi connectivity index (χ1n) is 9.01. The van der Waals surface area contributed by atoms with Crippen LogP contribution in [0.3, 0.4) is 0 Å². The lowest BCUT2D eigenvalue weighted by molar-refractivity contribution is -0.142. The van der Waals surface area contributed by atoms with Crippen LogP contribution in [0.2, 0.25) is 0 Å². The van der Waals surface area contributed by atoms with Crippen LogP contribution in [0, 0.1) is 0 Å². The molecule has 1 amide bonds. The van der Waals surface area contributed by atoms with Gasteiger partial charge in [0.15, 0.2) is 5.96 Å². The van der Waals surface area contributed by atoms with Crippen molar-refractivity contribution in [1.82, 2.24) is 24.9 Å². The molecule has 0 saturated carbocycles. The standard InChI is InChI=1S/C17H28N6O2/c1-18-17(19-6-5-14-12-20-21(2)13-14)23-9-7-22(8-10-23)16(24)15-4-3-11-25-15/h12-13,15H,3-11H2,1-2H3,(H,18,19). The zero-order valence-corrected chi connectivity index (χ0v) is 15.1. The first-order valence-corrected chi connectivity index (χ1v) is 9.01. The van der Waals surface area contributed by atoms with Crippen molar-refractivity contribution in [2.45, 2.75) is 25.4 Å². The molecule has 2 aliphatic heterocycles. The third kappa shape index (κ3) is 4.50. The summed E-state index contributed by atoms with van der Waals surface area (Å²) in [6.07, 6.45) is 6.45. The Morgan fingerprint density at radius 2 is 2.12 bits per heavy atom. The van der Waals surface area contributed by atoms with Crippen molar-refractivity contribution in [3.8, 4) is 0 Å². The number of hydrogen-bond acceptors (Lipinski definition) is 4. The molecule has 1 unspecified atom stereocenters. The second-order valence-corrected chi connectivity index (χ2v) is 6.56. The molecule has 2 saturated heterocycles. The minimum atomic E-state index is -0.219. The third-order valence-electron chi connectivity index (χ3n) is 4.76. The van der Waals surface area contributed by atoms with Gasteiger partial charge >= 0.3 is 0 Å². The molecule has 25 heavy (non-hydrogen) atoms. The average molecular weight is 348 g/mol. The van der Waals surface area contributed by atoms with Crippen LogP contribution >= 0.6 is 0 Å². The lowest BCUT2D eigenvalue weighted by Crippen LogP contribution is -2.55. The number of carbonyl (C=O) groups is 1. The molecule has 1 aromatic heterocycles. The molecule has 8 nitrogen and oxygen atoms in total. The lowest BCUT2D eigenvalue weighted by Gasteiger charge is -2.37. The molecule has 1 N–H and O–H groups in total. The van der Waals surface area contributed by atoms with Gasteiger partial charge in [-0.2, -0.15) is 5.10 Å². The number of rotatable bonds is 4. The van der Waals surface area contributed by atoms with E-state index in [1.165, 1.54) is 5.56 Å². The zero-order valence-electron chi connectivity index (χ0n) is 15.1. The lowest BCUT2D eigenvalue weighted by atomic mass is 10.2.